The van der Waals surface area contributed by atoms with Gasteiger partial charge in [-0.25, -0.2) is 4.39 Å². The predicted molar refractivity (Wildman–Crippen MR) is 71.5 cm³/mol. The molecule has 1 aromatic carbocycles. The zero-order valence-electron chi connectivity index (χ0n) is 11.4. The number of rotatable bonds is 7. The van der Waals surface area contributed by atoms with Gasteiger partial charge in [0.05, 0.1) is 11.6 Å². The highest BCUT2D eigenvalue weighted by Crippen LogP contribution is 2.26. The van der Waals surface area contributed by atoms with Crippen LogP contribution < -0.4 is 11.3 Å². The Balaban J connectivity index is 2.94. The van der Waals surface area contributed by atoms with Crippen molar-refractivity contribution < 1.29 is 9.13 Å². The third kappa shape index (κ3) is 3.07. The van der Waals surface area contributed by atoms with E-state index >= 15 is 0 Å². The number of nitrogens with two attached hydrogens (primary N) is 1. The lowest BCUT2D eigenvalue weighted by molar-refractivity contribution is -0.0474. The Labute approximate surface area is 108 Å². The Morgan fingerprint density at radius 2 is 1.94 bits per heavy atom. The van der Waals surface area contributed by atoms with Gasteiger partial charge < -0.3 is 4.74 Å². The van der Waals surface area contributed by atoms with Crippen molar-refractivity contribution in [3.05, 3.63) is 35.6 Å². The van der Waals surface area contributed by atoms with Crippen molar-refractivity contribution in [3.63, 3.8) is 0 Å². The molecule has 0 aliphatic rings. The van der Waals surface area contributed by atoms with Crippen molar-refractivity contribution in [2.24, 2.45) is 5.84 Å². The van der Waals surface area contributed by atoms with Crippen molar-refractivity contribution >= 4 is 0 Å². The second-order valence-corrected chi connectivity index (χ2v) is 4.49. The molecule has 1 unspecified atom stereocenters. The molecule has 0 aliphatic heterocycles. The van der Waals surface area contributed by atoms with Crippen LogP contribution in [-0.2, 0) is 11.2 Å². The average molecular weight is 254 g/mol. The smallest absolute Gasteiger partial charge is 0.126 e. The number of hydrogen-bond acceptors (Lipinski definition) is 3. The van der Waals surface area contributed by atoms with Crippen LogP contribution in [0.1, 0.15) is 32.3 Å². The number of ether oxygens (including phenoxy) is 1. The van der Waals surface area contributed by atoms with E-state index in [2.05, 4.69) is 19.3 Å². The minimum atomic E-state index is -0.364. The van der Waals surface area contributed by atoms with Crippen molar-refractivity contribution in [3.8, 4) is 0 Å². The van der Waals surface area contributed by atoms with Gasteiger partial charge in [-0.3, -0.25) is 11.3 Å². The minimum Gasteiger partial charge on any atom is -0.377 e. The fraction of sp³-hybridized carbons (Fsp3) is 0.571. The Bertz CT molecular complexity index is 358. The molecule has 0 heterocycles. The Morgan fingerprint density at radius 1 is 1.33 bits per heavy atom. The number of methoxy groups -OCH3 is 1. The first-order valence-corrected chi connectivity index (χ1v) is 6.38. The molecule has 4 heteroatoms. The molecule has 3 N–H and O–H groups in total. The zero-order valence-corrected chi connectivity index (χ0v) is 11.4. The van der Waals surface area contributed by atoms with E-state index < -0.39 is 0 Å². The number of halogens is 1. The van der Waals surface area contributed by atoms with Crippen LogP contribution in [-0.4, -0.2) is 18.8 Å². The lowest BCUT2D eigenvalue weighted by Gasteiger charge is -2.38. The molecule has 0 saturated carbocycles. The summed E-state index contributed by atoms with van der Waals surface area (Å²) in [6, 6.07) is 6.65. The largest absolute Gasteiger partial charge is 0.377 e. The maximum Gasteiger partial charge on any atom is 0.126 e. The SMILES string of the molecule is CCC(CC)(OC)C(Cc1ccccc1F)NN. The summed E-state index contributed by atoms with van der Waals surface area (Å²) in [5, 5.41) is 0. The number of hydrogen-bond donors (Lipinski definition) is 2. The first kappa shape index (κ1) is 15.1. The van der Waals surface area contributed by atoms with E-state index in [4.69, 9.17) is 10.6 Å². The summed E-state index contributed by atoms with van der Waals surface area (Å²) in [5.41, 5.74) is 3.07. The topological polar surface area (TPSA) is 47.3 Å². The molecule has 102 valence electrons. The molecule has 1 aromatic rings. The minimum absolute atomic E-state index is 0.116. The van der Waals surface area contributed by atoms with Gasteiger partial charge in [0.15, 0.2) is 0 Å². The van der Waals surface area contributed by atoms with Gasteiger partial charge in [0, 0.05) is 7.11 Å². The highest BCUT2D eigenvalue weighted by atomic mass is 19.1. The summed E-state index contributed by atoms with van der Waals surface area (Å²) < 4.78 is 19.3. The van der Waals surface area contributed by atoms with Crippen LogP contribution >= 0.6 is 0 Å². The van der Waals surface area contributed by atoms with E-state index in [1.807, 2.05) is 6.07 Å². The lowest BCUT2D eigenvalue weighted by atomic mass is 9.84. The third-order valence-corrected chi connectivity index (χ3v) is 3.82. The normalized spacial score (nSPS) is 13.6. The first-order chi connectivity index (χ1) is 8.63. The van der Waals surface area contributed by atoms with Gasteiger partial charge in [0.2, 0.25) is 0 Å². The molecule has 0 fully saturated rings. The summed E-state index contributed by atoms with van der Waals surface area (Å²) in [5.74, 6) is 5.43. The highest BCUT2D eigenvalue weighted by Gasteiger charge is 2.35. The van der Waals surface area contributed by atoms with E-state index in [0.717, 1.165) is 12.8 Å². The molecular formula is C14H23FN2O. The van der Waals surface area contributed by atoms with Crippen LogP contribution in [0.3, 0.4) is 0 Å². The third-order valence-electron chi connectivity index (χ3n) is 3.82. The van der Waals surface area contributed by atoms with E-state index in [-0.39, 0.29) is 17.5 Å². The van der Waals surface area contributed by atoms with E-state index in [0.29, 0.717) is 12.0 Å². The molecule has 0 aliphatic carbocycles. The van der Waals surface area contributed by atoms with Crippen molar-refractivity contribution in [1.82, 2.24) is 5.43 Å². The molecule has 0 spiro atoms. The molecule has 0 saturated heterocycles. The average Bonchev–Trinajstić information content (AvgIpc) is 2.42. The van der Waals surface area contributed by atoms with Crippen molar-refractivity contribution in [2.75, 3.05) is 7.11 Å². The Kier molecular flexibility index (Phi) is 5.72. The molecule has 0 amide bonds. The van der Waals surface area contributed by atoms with Gasteiger partial charge in [-0.05, 0) is 30.9 Å². The summed E-state index contributed by atoms with van der Waals surface area (Å²) in [6.07, 6.45) is 2.16. The van der Waals surface area contributed by atoms with E-state index in [1.54, 1.807) is 19.2 Å². The number of nitrogens with one attached hydrogen (secondary N) is 1. The second-order valence-electron chi connectivity index (χ2n) is 4.49. The van der Waals surface area contributed by atoms with Gasteiger partial charge in [-0.1, -0.05) is 32.0 Å². The van der Waals surface area contributed by atoms with Crippen LogP contribution in [0.4, 0.5) is 4.39 Å². The highest BCUT2D eigenvalue weighted by molar-refractivity contribution is 5.19. The first-order valence-electron chi connectivity index (χ1n) is 6.38. The summed E-state index contributed by atoms with van der Waals surface area (Å²) >= 11 is 0. The van der Waals surface area contributed by atoms with Gasteiger partial charge in [-0.2, -0.15) is 0 Å². The Hall–Kier alpha value is -0.970. The van der Waals surface area contributed by atoms with E-state index in [9.17, 15) is 4.39 Å². The summed E-state index contributed by atoms with van der Waals surface area (Å²) in [4.78, 5) is 0. The summed E-state index contributed by atoms with van der Waals surface area (Å²) in [7, 11) is 1.68. The summed E-state index contributed by atoms with van der Waals surface area (Å²) in [6.45, 7) is 4.11. The van der Waals surface area contributed by atoms with Crippen LogP contribution in [0.15, 0.2) is 24.3 Å². The monoisotopic (exact) mass is 254 g/mol. The standard InChI is InChI=1S/C14H23FN2O/c1-4-14(5-2,18-3)13(17-16)10-11-8-6-7-9-12(11)15/h6-9,13,17H,4-5,10,16H2,1-3H3. The second kappa shape index (κ2) is 6.83. The molecule has 0 aromatic heterocycles. The molecule has 1 rings (SSSR count). The van der Waals surface area contributed by atoms with Crippen molar-refractivity contribution in [1.29, 1.82) is 0 Å². The van der Waals surface area contributed by atoms with Crippen LogP contribution in [0.25, 0.3) is 0 Å². The fourth-order valence-corrected chi connectivity index (χ4v) is 2.45. The molecule has 1 atom stereocenters. The maximum absolute atomic E-state index is 13.7. The Morgan fingerprint density at radius 3 is 2.39 bits per heavy atom. The van der Waals surface area contributed by atoms with Gasteiger partial charge in [0.1, 0.15) is 5.82 Å². The van der Waals surface area contributed by atoms with E-state index in [1.165, 1.54) is 6.07 Å². The molecule has 0 radical (unpaired) electrons. The predicted octanol–water partition coefficient (Wildman–Crippen LogP) is 2.41. The van der Waals surface area contributed by atoms with Crippen LogP contribution in [0.2, 0.25) is 0 Å². The lowest BCUT2D eigenvalue weighted by Crippen LogP contribution is -2.55. The fourth-order valence-electron chi connectivity index (χ4n) is 2.45. The number of benzene rings is 1. The maximum atomic E-state index is 13.7. The molecule has 0 bridgehead atoms. The number of hydrazine groups is 1. The van der Waals surface area contributed by atoms with Crippen LogP contribution in [0.5, 0.6) is 0 Å². The van der Waals surface area contributed by atoms with Crippen molar-refractivity contribution in [2.45, 2.75) is 44.8 Å². The quantitative estimate of drug-likeness (QED) is 0.580. The molecule has 18 heavy (non-hydrogen) atoms. The van der Waals surface area contributed by atoms with Gasteiger partial charge in [0.25, 0.3) is 0 Å². The molecule has 3 nitrogen and oxygen atoms in total. The zero-order chi connectivity index (χ0) is 13.6. The van der Waals surface area contributed by atoms with Crippen LogP contribution in [0, 0.1) is 5.82 Å². The van der Waals surface area contributed by atoms with Gasteiger partial charge >= 0.3 is 0 Å². The molecular weight excluding hydrogens is 231 g/mol. The van der Waals surface area contributed by atoms with Gasteiger partial charge in [-0.15, -0.1) is 0 Å².